The Labute approximate surface area is 304 Å². The summed E-state index contributed by atoms with van der Waals surface area (Å²) in [5.41, 5.74) is 1.45. The Balaban J connectivity index is -0.000000444. The summed E-state index contributed by atoms with van der Waals surface area (Å²) in [6, 6.07) is 10.5. The predicted octanol–water partition coefficient (Wildman–Crippen LogP) is 8.44. The van der Waals surface area contributed by atoms with Gasteiger partial charge >= 0.3 is 62.9 Å². The van der Waals surface area contributed by atoms with Gasteiger partial charge in [-0.25, -0.2) is 0 Å². The average Bonchev–Trinajstić information content (AvgIpc) is 2.47. The van der Waals surface area contributed by atoms with Gasteiger partial charge in [0.15, 0.2) is 0 Å². The molecule has 0 aromatic heterocycles. The van der Waals surface area contributed by atoms with E-state index < -0.39 is 45.5 Å². The molecule has 1 rings (SSSR count). The molecule has 0 heterocycles. The van der Waals surface area contributed by atoms with Gasteiger partial charge in [0, 0.05) is 129 Å². The van der Waals surface area contributed by atoms with Crippen molar-refractivity contribution in [2.24, 2.45) is 0 Å². The zero-order chi connectivity index (χ0) is 28.0. The Bertz CT molecular complexity index is 580. The first-order chi connectivity index (χ1) is 14.7. The molecule has 0 saturated heterocycles. The summed E-state index contributed by atoms with van der Waals surface area (Å²) in [6.07, 6.45) is 0. The van der Waals surface area contributed by atoms with Crippen LogP contribution in [0.15, 0.2) is 30.3 Å². The van der Waals surface area contributed by atoms with Gasteiger partial charge < -0.3 is 0 Å². The Hall–Kier alpha value is 3.81. The summed E-state index contributed by atoms with van der Waals surface area (Å²) in [4.78, 5) is 0. The molecule has 0 fully saturated rings. The first-order valence-corrected chi connectivity index (χ1v) is 45.1. The van der Waals surface area contributed by atoms with Crippen molar-refractivity contribution in [3.05, 3.63) is 35.9 Å². The Kier molecular flexibility index (Phi) is 21.1. The zero-order valence-corrected chi connectivity index (χ0v) is 44.7. The van der Waals surface area contributed by atoms with Crippen LogP contribution in [0.5, 0.6) is 0 Å². The molecule has 0 N–H and O–H groups in total. The molecule has 1 aromatic rings. The average molecular weight is 838 g/mol. The monoisotopic (exact) mass is 838 g/mol. The van der Waals surface area contributed by atoms with E-state index in [0.717, 1.165) is 0 Å². The third kappa shape index (κ3) is 19.5. The fourth-order valence-corrected chi connectivity index (χ4v) is 184. The van der Waals surface area contributed by atoms with Crippen LogP contribution in [0.4, 0.5) is 0 Å². The summed E-state index contributed by atoms with van der Waals surface area (Å²) >= 11 is 1.59. The van der Waals surface area contributed by atoms with Crippen LogP contribution >= 0.6 is 0 Å². The second kappa shape index (κ2) is 17.1. The van der Waals surface area contributed by atoms with E-state index in [1.165, 1.54) is 10.0 Å². The molecule has 198 valence electrons. The summed E-state index contributed by atoms with van der Waals surface area (Å²) in [5, 5.41) is 0. The number of benzene rings is 1. The van der Waals surface area contributed by atoms with Crippen LogP contribution < -0.4 is 0 Å². The van der Waals surface area contributed by atoms with Crippen LogP contribution in [0.3, 0.4) is 0 Å². The summed E-state index contributed by atoms with van der Waals surface area (Å²) in [6.45, 7) is 47.0. The third-order valence-electron chi connectivity index (χ3n) is 5.55. The van der Waals surface area contributed by atoms with Crippen LogP contribution in [0, 0.1) is 0 Å². The Morgan fingerprint density at radius 1 is 0.457 bits per heavy atom. The van der Waals surface area contributed by atoms with E-state index in [-0.39, 0.29) is 83.6 Å². The standard InChI is InChI=1S/2C9H27Si4.C7H7.Cs.Sn/c2*1-11(2,3)10(12(4,5)6)13(7,8)9;1-7-5-3-2-4-6-7;;/h2*1-9H3;2-6H,1H2;;. The van der Waals surface area contributed by atoms with E-state index in [1.807, 2.05) is 0 Å². The van der Waals surface area contributed by atoms with Crippen molar-refractivity contribution in [2.75, 3.05) is 0 Å². The van der Waals surface area contributed by atoms with Crippen LogP contribution in [-0.2, 0) is 4.44 Å². The molecular formula is C25H61CsSi8Sn. The van der Waals surface area contributed by atoms with Gasteiger partial charge in [-0.2, -0.15) is 0 Å². The van der Waals surface area contributed by atoms with Gasteiger partial charge in [0.2, 0.25) is 0 Å². The molecule has 0 aliphatic carbocycles. The van der Waals surface area contributed by atoms with Gasteiger partial charge in [0.05, 0.1) is 0 Å². The number of rotatable bonds is 7. The molecule has 0 atom stereocenters. The van der Waals surface area contributed by atoms with E-state index in [4.69, 9.17) is 0 Å². The first kappa shape index (κ1) is 43.3. The number of hydrogen-bond donors (Lipinski definition) is 0. The molecule has 1 aromatic carbocycles. The molecule has 10 heteroatoms. The van der Waals surface area contributed by atoms with E-state index >= 15 is 0 Å². The van der Waals surface area contributed by atoms with Crippen LogP contribution in [0.1, 0.15) is 5.56 Å². The molecule has 0 aliphatic rings. The molecule has 0 amide bonds. The molecular weight excluding hydrogens is 777 g/mol. The fourth-order valence-electron chi connectivity index (χ4n) is 7.35. The van der Waals surface area contributed by atoms with E-state index in [2.05, 4.69) is 148 Å². The zero-order valence-electron chi connectivity index (χ0n) is 27.6. The van der Waals surface area contributed by atoms with Crippen LogP contribution in [-0.4, -0.2) is 152 Å². The van der Waals surface area contributed by atoms with Crippen molar-refractivity contribution < 1.29 is 0 Å². The van der Waals surface area contributed by atoms with E-state index in [0.29, 0.717) is 0 Å². The maximum atomic E-state index is 2.61. The van der Waals surface area contributed by atoms with Crippen molar-refractivity contribution in [1.82, 2.24) is 0 Å². The maximum absolute atomic E-state index is 2.61. The Morgan fingerprint density at radius 3 is 0.743 bits per heavy atom. The van der Waals surface area contributed by atoms with Crippen molar-refractivity contribution in [2.45, 2.75) is 122 Å². The van der Waals surface area contributed by atoms with Crippen molar-refractivity contribution in [1.29, 1.82) is 0 Å². The molecule has 0 saturated carbocycles. The minimum atomic E-state index is -0.832. The van der Waals surface area contributed by atoms with Gasteiger partial charge in [-0.05, 0) is 0 Å². The molecule has 0 unspecified atom stereocenters. The van der Waals surface area contributed by atoms with Gasteiger partial charge in [-0.1, -0.05) is 118 Å². The summed E-state index contributed by atoms with van der Waals surface area (Å²) in [5.74, 6) is 0. The van der Waals surface area contributed by atoms with Gasteiger partial charge in [0.25, 0.3) is 0 Å². The molecule has 35 heavy (non-hydrogen) atoms. The molecule has 0 nitrogen and oxygen atoms in total. The third-order valence-corrected chi connectivity index (χ3v) is 124. The van der Waals surface area contributed by atoms with E-state index in [9.17, 15) is 0 Å². The SMILES string of the molecule is C[Si](C)(C)[Si]([Si](C)(C)C)[Si](C)(C)C.C[Si](C)(C)[Si]([Si](C)(C)C)[Si](C)(C)C.[Cs].[Sn][CH2]c1ccccc1. The van der Waals surface area contributed by atoms with E-state index in [1.54, 1.807) is 22.5 Å². The summed E-state index contributed by atoms with van der Waals surface area (Å²) in [7, 11) is -4.94. The summed E-state index contributed by atoms with van der Waals surface area (Å²) < 4.78 is 1.23. The molecule has 6 radical (unpaired) electrons. The predicted molar refractivity (Wildman–Crippen MR) is 193 cm³/mol. The van der Waals surface area contributed by atoms with Crippen molar-refractivity contribution in [3.63, 3.8) is 0 Å². The normalized spacial score (nSPS) is 13.4. The molecule has 0 spiro atoms. The van der Waals surface area contributed by atoms with Gasteiger partial charge in [-0.15, -0.1) is 0 Å². The molecule has 0 bridgehead atoms. The second-order valence-electron chi connectivity index (χ2n) is 15.9. The van der Waals surface area contributed by atoms with Crippen LogP contribution in [0.25, 0.3) is 0 Å². The quantitative estimate of drug-likeness (QED) is 0.242. The number of hydrogen-bond acceptors (Lipinski definition) is 0. The first-order valence-electron chi connectivity index (χ1n) is 13.1. The minimum absolute atomic E-state index is 0. The topological polar surface area (TPSA) is 0 Å². The fraction of sp³-hybridized carbons (Fsp3) is 0.760. The van der Waals surface area contributed by atoms with Crippen molar-refractivity contribution in [3.8, 4) is 0 Å². The van der Waals surface area contributed by atoms with Crippen molar-refractivity contribution >= 4 is 152 Å². The second-order valence-corrected chi connectivity index (χ2v) is 90.4. The van der Waals surface area contributed by atoms with Gasteiger partial charge in [-0.3, -0.25) is 0 Å². The van der Waals surface area contributed by atoms with Gasteiger partial charge in [0.1, 0.15) is 0 Å². The Morgan fingerprint density at radius 2 is 0.657 bits per heavy atom. The molecule has 0 aliphatic heterocycles. The van der Waals surface area contributed by atoms with Crippen LogP contribution in [0.2, 0.25) is 118 Å².